The van der Waals surface area contributed by atoms with Crippen LogP contribution in [0.15, 0.2) is 36.4 Å². The van der Waals surface area contributed by atoms with E-state index in [1.54, 1.807) is 7.11 Å². The molecular formula is C33H41N7O4. The number of ether oxygens (including phenoxy) is 4. The number of nitrogens with zero attached hydrogens (tertiary/aromatic N) is 6. The third-order valence-corrected chi connectivity index (χ3v) is 9.39. The number of hydrogen-bond acceptors (Lipinski definition) is 11. The summed E-state index contributed by atoms with van der Waals surface area (Å²) in [6, 6.07) is 15.5. The number of piperazine rings is 1. The van der Waals surface area contributed by atoms with Crippen LogP contribution in [0.5, 0.6) is 11.8 Å². The third kappa shape index (κ3) is 6.00. The van der Waals surface area contributed by atoms with E-state index in [2.05, 4.69) is 62.5 Å². The molecule has 0 radical (unpaired) electrons. The maximum Gasteiger partial charge on any atom is 0.318 e. The smallest absolute Gasteiger partial charge is 0.318 e. The Morgan fingerprint density at radius 1 is 1.07 bits per heavy atom. The highest BCUT2D eigenvalue weighted by Gasteiger charge is 2.49. The number of nitrogens with one attached hydrogen (secondary N) is 1. The second-order valence-electron chi connectivity index (χ2n) is 12.2. The molecule has 3 aliphatic heterocycles. The summed E-state index contributed by atoms with van der Waals surface area (Å²) in [6.07, 6.45) is 3.53. The second-order valence-corrected chi connectivity index (χ2v) is 12.2. The molecule has 3 aromatic rings. The molecule has 0 unspecified atom stereocenters. The standard InChI is InChI=1S/C33H41N7O4/c1-41-23-44-26-18-24-4-2-3-5-27(24)30(19-26)38-12-7-28-29(21-38)36-32(37-31(28)39-13-11-35-25(20-39)6-10-34)43-22-33(8-9-33)40-14-16-42-17-15-40/h2-5,18-19,25,35H,6-9,11-17,20-23H2,1H3/t25-/m0/s1. The Balaban J connectivity index is 1.20. The summed E-state index contributed by atoms with van der Waals surface area (Å²) >= 11 is 0. The molecule has 11 heteroatoms. The summed E-state index contributed by atoms with van der Waals surface area (Å²) in [5, 5.41) is 15.1. The number of aromatic nitrogens is 2. The van der Waals surface area contributed by atoms with Crippen molar-refractivity contribution in [2.24, 2.45) is 0 Å². The van der Waals surface area contributed by atoms with Crippen LogP contribution in [0.3, 0.4) is 0 Å². The number of rotatable bonds is 10. The van der Waals surface area contributed by atoms with Crippen molar-refractivity contribution in [1.29, 1.82) is 5.26 Å². The maximum atomic E-state index is 9.36. The van der Waals surface area contributed by atoms with Gasteiger partial charge in [-0.1, -0.05) is 24.3 Å². The van der Waals surface area contributed by atoms with Gasteiger partial charge in [0.05, 0.1) is 43.5 Å². The lowest BCUT2D eigenvalue weighted by Crippen LogP contribution is -2.51. The van der Waals surface area contributed by atoms with E-state index in [-0.39, 0.29) is 18.4 Å². The zero-order chi connectivity index (χ0) is 29.9. The molecule has 1 aromatic heterocycles. The predicted molar refractivity (Wildman–Crippen MR) is 167 cm³/mol. The molecule has 4 aliphatic rings. The van der Waals surface area contributed by atoms with Crippen molar-refractivity contribution in [1.82, 2.24) is 20.2 Å². The number of fused-ring (bicyclic) bond motifs is 2. The zero-order valence-corrected chi connectivity index (χ0v) is 25.5. The lowest BCUT2D eigenvalue weighted by atomic mass is 10.0. The Hall–Kier alpha value is -3.69. The van der Waals surface area contributed by atoms with Crippen LogP contribution < -0.4 is 24.6 Å². The highest BCUT2D eigenvalue weighted by molar-refractivity contribution is 5.95. The average Bonchev–Trinajstić information content (AvgIpc) is 3.87. The molecule has 0 spiro atoms. The van der Waals surface area contributed by atoms with Gasteiger partial charge in [0, 0.05) is 75.1 Å². The molecule has 232 valence electrons. The van der Waals surface area contributed by atoms with Crippen LogP contribution in [0.2, 0.25) is 0 Å². The summed E-state index contributed by atoms with van der Waals surface area (Å²) in [5.41, 5.74) is 3.35. The number of anilines is 2. The molecule has 44 heavy (non-hydrogen) atoms. The number of methoxy groups -OCH3 is 1. The van der Waals surface area contributed by atoms with E-state index in [1.807, 2.05) is 0 Å². The molecule has 2 aromatic carbocycles. The van der Waals surface area contributed by atoms with Crippen LogP contribution in [0.4, 0.5) is 11.5 Å². The number of morpholine rings is 1. The largest absolute Gasteiger partial charge is 0.467 e. The molecule has 7 rings (SSSR count). The highest BCUT2D eigenvalue weighted by Crippen LogP contribution is 2.43. The fourth-order valence-corrected chi connectivity index (χ4v) is 6.85. The molecule has 1 atom stereocenters. The minimum Gasteiger partial charge on any atom is -0.467 e. The predicted octanol–water partition coefficient (Wildman–Crippen LogP) is 3.11. The fraction of sp³-hybridized carbons (Fsp3) is 0.545. The van der Waals surface area contributed by atoms with Gasteiger partial charge in [-0.05, 0) is 30.7 Å². The van der Waals surface area contributed by atoms with Crippen molar-refractivity contribution >= 4 is 22.3 Å². The first-order valence-electron chi connectivity index (χ1n) is 15.8. The van der Waals surface area contributed by atoms with E-state index in [0.717, 1.165) is 100 Å². The number of nitriles is 1. The Kier molecular flexibility index (Phi) is 8.41. The van der Waals surface area contributed by atoms with Gasteiger partial charge in [0.25, 0.3) is 0 Å². The maximum absolute atomic E-state index is 9.36. The minimum atomic E-state index is 0.0593. The van der Waals surface area contributed by atoms with Crippen LogP contribution in [0.1, 0.15) is 30.5 Å². The highest BCUT2D eigenvalue weighted by atomic mass is 16.7. The van der Waals surface area contributed by atoms with Gasteiger partial charge in [0.15, 0.2) is 6.79 Å². The summed E-state index contributed by atoms with van der Waals surface area (Å²) < 4.78 is 23.2. The molecular weight excluding hydrogens is 558 g/mol. The molecule has 1 saturated carbocycles. The quantitative estimate of drug-likeness (QED) is 0.347. The van der Waals surface area contributed by atoms with Crippen LogP contribution in [-0.4, -0.2) is 99.4 Å². The molecule has 1 aliphatic carbocycles. The Bertz CT molecular complexity index is 1520. The summed E-state index contributed by atoms with van der Waals surface area (Å²) in [7, 11) is 1.63. The van der Waals surface area contributed by atoms with Crippen molar-refractivity contribution in [3.8, 4) is 17.8 Å². The monoisotopic (exact) mass is 599 g/mol. The first-order valence-corrected chi connectivity index (χ1v) is 15.8. The van der Waals surface area contributed by atoms with Gasteiger partial charge in [-0.3, -0.25) is 4.90 Å². The van der Waals surface area contributed by atoms with Crippen LogP contribution in [0.25, 0.3) is 10.8 Å². The Morgan fingerprint density at radius 3 is 2.75 bits per heavy atom. The van der Waals surface area contributed by atoms with Crippen molar-refractivity contribution in [2.75, 3.05) is 82.8 Å². The second kappa shape index (κ2) is 12.7. The van der Waals surface area contributed by atoms with Gasteiger partial charge < -0.3 is 34.1 Å². The Labute approximate surface area is 258 Å². The lowest BCUT2D eigenvalue weighted by molar-refractivity contribution is -0.00339. The average molecular weight is 600 g/mol. The molecule has 4 heterocycles. The van der Waals surface area contributed by atoms with Crippen molar-refractivity contribution < 1.29 is 18.9 Å². The van der Waals surface area contributed by atoms with E-state index >= 15 is 0 Å². The molecule has 0 amide bonds. The van der Waals surface area contributed by atoms with Crippen molar-refractivity contribution in [2.45, 2.75) is 43.8 Å². The topological polar surface area (TPSA) is 108 Å². The lowest BCUT2D eigenvalue weighted by Gasteiger charge is -2.38. The van der Waals surface area contributed by atoms with Gasteiger partial charge >= 0.3 is 6.01 Å². The minimum absolute atomic E-state index is 0.0593. The van der Waals surface area contributed by atoms with Gasteiger partial charge in [-0.25, -0.2) is 0 Å². The van der Waals surface area contributed by atoms with E-state index in [9.17, 15) is 5.26 Å². The van der Waals surface area contributed by atoms with E-state index in [1.165, 1.54) is 10.9 Å². The van der Waals surface area contributed by atoms with Gasteiger partial charge in [-0.2, -0.15) is 15.2 Å². The van der Waals surface area contributed by atoms with E-state index < -0.39 is 0 Å². The van der Waals surface area contributed by atoms with E-state index in [0.29, 0.717) is 25.6 Å². The summed E-state index contributed by atoms with van der Waals surface area (Å²) in [5.74, 6) is 1.73. The van der Waals surface area contributed by atoms with Crippen LogP contribution in [-0.2, 0) is 22.4 Å². The molecule has 0 bridgehead atoms. The van der Waals surface area contributed by atoms with Crippen LogP contribution >= 0.6 is 0 Å². The molecule has 1 N–H and O–H groups in total. The van der Waals surface area contributed by atoms with E-state index in [4.69, 9.17) is 28.9 Å². The molecule has 3 fully saturated rings. The summed E-state index contributed by atoms with van der Waals surface area (Å²) in [6.45, 7) is 8.06. The number of benzene rings is 2. The van der Waals surface area contributed by atoms with Gasteiger partial charge in [0.2, 0.25) is 0 Å². The van der Waals surface area contributed by atoms with Crippen molar-refractivity contribution in [3.63, 3.8) is 0 Å². The normalized spacial score (nSPS) is 21.5. The third-order valence-electron chi connectivity index (χ3n) is 9.39. The first-order chi connectivity index (χ1) is 21.7. The van der Waals surface area contributed by atoms with Gasteiger partial charge in [0.1, 0.15) is 18.2 Å². The first kappa shape index (κ1) is 29.0. The van der Waals surface area contributed by atoms with Crippen molar-refractivity contribution in [3.05, 3.63) is 47.7 Å². The van der Waals surface area contributed by atoms with Gasteiger partial charge in [-0.15, -0.1) is 0 Å². The fourth-order valence-electron chi connectivity index (χ4n) is 6.85. The summed E-state index contributed by atoms with van der Waals surface area (Å²) in [4.78, 5) is 17.4. The Morgan fingerprint density at radius 2 is 1.93 bits per heavy atom. The van der Waals surface area contributed by atoms with Crippen LogP contribution in [0, 0.1) is 11.3 Å². The zero-order valence-electron chi connectivity index (χ0n) is 25.5. The molecule has 11 nitrogen and oxygen atoms in total. The molecule has 2 saturated heterocycles. The number of hydrogen-bond donors (Lipinski definition) is 1. The SMILES string of the molecule is COCOc1cc(N2CCc3c(nc(OCC4(N5CCOCC5)CC4)nc3N3CCN[C@@H](CC#N)C3)C2)c2ccccc2c1.